The second-order valence-electron chi connectivity index (χ2n) is 3.71. The molecule has 1 amide bonds. The maximum absolute atomic E-state index is 11.3. The van der Waals surface area contributed by atoms with Gasteiger partial charge in [-0.05, 0) is 41.6 Å². The van der Waals surface area contributed by atoms with Crippen molar-refractivity contribution in [2.75, 3.05) is 13.1 Å². The van der Waals surface area contributed by atoms with Crippen molar-refractivity contribution >= 4 is 28.1 Å². The Morgan fingerprint density at radius 2 is 2.33 bits per heavy atom. The number of nitrogens with zero attached hydrogens (tertiary/aromatic N) is 1. The average molecular weight is 273 g/mol. The number of hydrogen-bond donors (Lipinski definition) is 1. The van der Waals surface area contributed by atoms with Gasteiger partial charge in [0.25, 0.3) is 0 Å². The van der Waals surface area contributed by atoms with Crippen LogP contribution in [0.3, 0.4) is 0 Å². The van der Waals surface area contributed by atoms with Crippen LogP contribution in [-0.2, 0) is 4.79 Å². The number of allylic oxidation sites excluding steroid dienone is 2. The number of amides is 1. The highest BCUT2D eigenvalue weighted by atomic mass is 79.9. The lowest BCUT2D eigenvalue weighted by Crippen LogP contribution is -2.25. The Morgan fingerprint density at radius 1 is 1.53 bits per heavy atom. The molecule has 0 atom stereocenters. The number of hydrogen-bond acceptors (Lipinski definition) is 2. The summed E-state index contributed by atoms with van der Waals surface area (Å²) in [5.41, 5.74) is 0. The molecule has 1 aliphatic heterocycles. The molecule has 1 fully saturated rings. The Kier molecular flexibility index (Phi) is 5.61. The number of carbonyl (C=O) groups is 1. The van der Waals surface area contributed by atoms with E-state index in [0.717, 1.165) is 49.7 Å². The van der Waals surface area contributed by atoms with E-state index in [1.807, 2.05) is 11.0 Å². The summed E-state index contributed by atoms with van der Waals surface area (Å²) < 4.78 is 0.833. The largest absolute Gasteiger partial charge is 0.343 e. The summed E-state index contributed by atoms with van der Waals surface area (Å²) in [5.74, 6) is 0.311. The standard InChI is InChI=1S/C11H17BrN2O/c12-10(9-13)5-2-1-3-7-14-8-4-6-11(14)15/h5,9,13H,1-4,6-8H2/b10-5+,13-9?. The van der Waals surface area contributed by atoms with Crippen molar-refractivity contribution in [2.24, 2.45) is 0 Å². The molecule has 1 rings (SSSR count). The van der Waals surface area contributed by atoms with Gasteiger partial charge in [-0.25, -0.2) is 0 Å². The molecule has 15 heavy (non-hydrogen) atoms. The summed E-state index contributed by atoms with van der Waals surface area (Å²) in [6.45, 7) is 1.84. The summed E-state index contributed by atoms with van der Waals surface area (Å²) in [7, 11) is 0. The van der Waals surface area contributed by atoms with E-state index in [9.17, 15) is 4.79 Å². The SMILES string of the molecule is N=C/C(Br)=C\CCCCN1CCCC1=O. The van der Waals surface area contributed by atoms with Crippen LogP contribution in [0.15, 0.2) is 10.6 Å². The molecule has 0 aromatic heterocycles. The van der Waals surface area contributed by atoms with E-state index in [2.05, 4.69) is 15.9 Å². The van der Waals surface area contributed by atoms with Crippen LogP contribution >= 0.6 is 15.9 Å². The van der Waals surface area contributed by atoms with Crippen LogP contribution in [0.5, 0.6) is 0 Å². The van der Waals surface area contributed by atoms with Crippen LogP contribution in [-0.4, -0.2) is 30.1 Å². The van der Waals surface area contributed by atoms with Gasteiger partial charge in [-0.2, -0.15) is 0 Å². The number of carbonyl (C=O) groups excluding carboxylic acids is 1. The number of halogens is 1. The maximum Gasteiger partial charge on any atom is 0.222 e. The lowest BCUT2D eigenvalue weighted by molar-refractivity contribution is -0.127. The molecule has 0 aromatic rings. The van der Waals surface area contributed by atoms with Crippen LogP contribution in [0.1, 0.15) is 32.1 Å². The van der Waals surface area contributed by atoms with E-state index in [0.29, 0.717) is 5.91 Å². The summed E-state index contributed by atoms with van der Waals surface area (Å²) in [6.07, 6.45) is 8.16. The normalized spacial score (nSPS) is 17.3. The third kappa shape index (κ3) is 4.60. The lowest BCUT2D eigenvalue weighted by atomic mass is 10.2. The zero-order valence-electron chi connectivity index (χ0n) is 8.84. The van der Waals surface area contributed by atoms with E-state index < -0.39 is 0 Å². The summed E-state index contributed by atoms with van der Waals surface area (Å²) in [5, 5.41) is 6.96. The van der Waals surface area contributed by atoms with Gasteiger partial charge in [0.15, 0.2) is 0 Å². The number of rotatable bonds is 6. The van der Waals surface area contributed by atoms with Gasteiger partial charge in [0.05, 0.1) is 0 Å². The Labute approximate surface area is 99.2 Å². The van der Waals surface area contributed by atoms with Gasteiger partial charge in [-0.3, -0.25) is 4.79 Å². The number of nitrogens with one attached hydrogen (secondary N) is 1. The summed E-state index contributed by atoms with van der Waals surface area (Å²) in [6, 6.07) is 0. The van der Waals surface area contributed by atoms with Gasteiger partial charge >= 0.3 is 0 Å². The molecule has 1 N–H and O–H groups in total. The fourth-order valence-corrected chi connectivity index (χ4v) is 1.92. The molecule has 1 heterocycles. The molecule has 0 unspecified atom stereocenters. The molecule has 0 spiro atoms. The third-order valence-electron chi connectivity index (χ3n) is 2.53. The molecule has 0 aromatic carbocycles. The number of likely N-dealkylation sites (tertiary alicyclic amines) is 1. The highest BCUT2D eigenvalue weighted by molar-refractivity contribution is 9.12. The second kappa shape index (κ2) is 6.77. The second-order valence-corrected chi connectivity index (χ2v) is 4.63. The van der Waals surface area contributed by atoms with Crippen molar-refractivity contribution in [1.82, 2.24) is 4.90 Å². The van der Waals surface area contributed by atoms with Gasteiger partial charge in [0.1, 0.15) is 0 Å². The zero-order chi connectivity index (χ0) is 11.1. The van der Waals surface area contributed by atoms with Gasteiger partial charge in [-0.15, -0.1) is 0 Å². The Bertz CT molecular complexity index is 263. The Morgan fingerprint density at radius 3 is 2.93 bits per heavy atom. The minimum Gasteiger partial charge on any atom is -0.343 e. The van der Waals surface area contributed by atoms with Crippen LogP contribution in [0.4, 0.5) is 0 Å². The van der Waals surface area contributed by atoms with Gasteiger partial charge in [0.2, 0.25) is 5.91 Å². The molecule has 0 bridgehead atoms. The number of unbranched alkanes of at least 4 members (excludes halogenated alkanes) is 2. The van der Waals surface area contributed by atoms with E-state index in [4.69, 9.17) is 5.41 Å². The van der Waals surface area contributed by atoms with Crippen molar-refractivity contribution in [3.05, 3.63) is 10.6 Å². The zero-order valence-corrected chi connectivity index (χ0v) is 10.4. The van der Waals surface area contributed by atoms with Crippen molar-refractivity contribution in [3.8, 4) is 0 Å². The topological polar surface area (TPSA) is 44.2 Å². The fourth-order valence-electron chi connectivity index (χ4n) is 1.69. The van der Waals surface area contributed by atoms with Crippen molar-refractivity contribution < 1.29 is 4.79 Å². The third-order valence-corrected chi connectivity index (χ3v) is 3.08. The molecule has 4 heteroatoms. The molecule has 3 nitrogen and oxygen atoms in total. The highest BCUT2D eigenvalue weighted by Crippen LogP contribution is 2.11. The smallest absolute Gasteiger partial charge is 0.222 e. The Balaban J connectivity index is 2.06. The molecule has 0 aliphatic carbocycles. The average Bonchev–Trinajstić information content (AvgIpc) is 2.63. The highest BCUT2D eigenvalue weighted by Gasteiger charge is 2.18. The fraction of sp³-hybridized carbons (Fsp3) is 0.636. The first-order valence-electron chi connectivity index (χ1n) is 5.38. The molecular formula is C11H17BrN2O. The first kappa shape index (κ1) is 12.4. The van der Waals surface area contributed by atoms with Crippen LogP contribution in [0, 0.1) is 5.41 Å². The van der Waals surface area contributed by atoms with Crippen molar-refractivity contribution in [3.63, 3.8) is 0 Å². The van der Waals surface area contributed by atoms with Crippen molar-refractivity contribution in [1.29, 1.82) is 5.41 Å². The Hall–Kier alpha value is -0.640. The predicted molar refractivity (Wildman–Crippen MR) is 65.5 cm³/mol. The minimum atomic E-state index is 0.311. The monoisotopic (exact) mass is 272 g/mol. The van der Waals surface area contributed by atoms with Crippen molar-refractivity contribution in [2.45, 2.75) is 32.1 Å². The van der Waals surface area contributed by atoms with Gasteiger partial charge in [0, 0.05) is 30.2 Å². The molecule has 0 radical (unpaired) electrons. The van der Waals surface area contributed by atoms with E-state index in [1.54, 1.807) is 0 Å². The molecule has 0 saturated carbocycles. The van der Waals surface area contributed by atoms with E-state index >= 15 is 0 Å². The van der Waals surface area contributed by atoms with Crippen LogP contribution in [0.25, 0.3) is 0 Å². The lowest BCUT2D eigenvalue weighted by Gasteiger charge is -2.14. The molecule has 1 saturated heterocycles. The molecule has 84 valence electrons. The minimum absolute atomic E-state index is 0.311. The predicted octanol–water partition coefficient (Wildman–Crippen LogP) is 2.71. The summed E-state index contributed by atoms with van der Waals surface area (Å²) in [4.78, 5) is 13.2. The first-order valence-corrected chi connectivity index (χ1v) is 6.17. The maximum atomic E-state index is 11.3. The molecule has 1 aliphatic rings. The van der Waals surface area contributed by atoms with Gasteiger partial charge in [-0.1, -0.05) is 6.08 Å². The quantitative estimate of drug-likeness (QED) is 0.587. The summed E-state index contributed by atoms with van der Waals surface area (Å²) >= 11 is 3.26. The van der Waals surface area contributed by atoms with E-state index in [1.165, 1.54) is 6.21 Å². The van der Waals surface area contributed by atoms with Crippen LogP contribution < -0.4 is 0 Å². The first-order chi connectivity index (χ1) is 7.24. The van der Waals surface area contributed by atoms with E-state index in [-0.39, 0.29) is 0 Å². The van der Waals surface area contributed by atoms with Gasteiger partial charge < -0.3 is 10.3 Å². The van der Waals surface area contributed by atoms with Crippen LogP contribution in [0.2, 0.25) is 0 Å². The molecular weight excluding hydrogens is 256 g/mol.